The highest BCUT2D eigenvalue weighted by atomic mass is 127. The van der Waals surface area contributed by atoms with Crippen molar-refractivity contribution in [2.24, 2.45) is 0 Å². The van der Waals surface area contributed by atoms with E-state index in [4.69, 9.17) is 14.2 Å². The molecule has 0 heterocycles. The lowest BCUT2D eigenvalue weighted by Gasteiger charge is -2.41. The van der Waals surface area contributed by atoms with E-state index >= 15 is 0 Å². The zero-order valence-corrected chi connectivity index (χ0v) is 27.2. The molecule has 0 radical (unpaired) electrons. The lowest BCUT2D eigenvalue weighted by molar-refractivity contribution is -0.138. The predicted molar refractivity (Wildman–Crippen MR) is 171 cm³/mol. The van der Waals surface area contributed by atoms with E-state index in [1.165, 1.54) is 26.2 Å². The van der Waals surface area contributed by atoms with Gasteiger partial charge in [0.25, 0.3) is 0 Å². The van der Waals surface area contributed by atoms with Crippen molar-refractivity contribution < 1.29 is 43.6 Å². The molecule has 11 nitrogen and oxygen atoms in total. The first-order chi connectivity index (χ1) is 21.1. The Morgan fingerprint density at radius 3 is 2.57 bits per heavy atom. The largest absolute Gasteiger partial charge is 0.497 e. The summed E-state index contributed by atoms with van der Waals surface area (Å²) in [4.78, 5) is 51.3. The summed E-state index contributed by atoms with van der Waals surface area (Å²) in [5.41, 5.74) is 1.57. The third kappa shape index (κ3) is 9.50. The van der Waals surface area contributed by atoms with Crippen molar-refractivity contribution in [2.75, 3.05) is 33.9 Å². The molecule has 3 rings (SSSR count). The zero-order valence-electron chi connectivity index (χ0n) is 25.1. The summed E-state index contributed by atoms with van der Waals surface area (Å²) in [6, 6.07) is 9.71. The minimum absolute atomic E-state index is 0.0251. The molecule has 0 spiro atoms. The Labute approximate surface area is 270 Å². The van der Waals surface area contributed by atoms with Crippen LogP contribution in [0.2, 0.25) is 0 Å². The fourth-order valence-corrected chi connectivity index (χ4v) is 5.78. The SMILES string of the molecule is COc1cccc(CCN(C(=O)CCCC(C)=O)C2CC(C(=O)NCCO)=CC(Oc3c(I)cc(C=O)cc3OC)C2O)c1. The number of amides is 2. The van der Waals surface area contributed by atoms with E-state index in [0.717, 1.165) is 5.56 Å². The highest BCUT2D eigenvalue weighted by Crippen LogP contribution is 2.37. The number of aliphatic hydroxyl groups is 2. The summed E-state index contributed by atoms with van der Waals surface area (Å²) in [5, 5.41) is 23.6. The van der Waals surface area contributed by atoms with Crippen molar-refractivity contribution in [3.8, 4) is 17.2 Å². The van der Waals surface area contributed by atoms with Crippen molar-refractivity contribution in [3.63, 3.8) is 0 Å². The van der Waals surface area contributed by atoms with Gasteiger partial charge in [-0.05, 0) is 78.3 Å². The highest BCUT2D eigenvalue weighted by molar-refractivity contribution is 14.1. The summed E-state index contributed by atoms with van der Waals surface area (Å²) in [5.74, 6) is 0.453. The van der Waals surface area contributed by atoms with Crippen molar-refractivity contribution in [1.29, 1.82) is 0 Å². The van der Waals surface area contributed by atoms with Gasteiger partial charge in [0, 0.05) is 43.5 Å². The smallest absolute Gasteiger partial charge is 0.247 e. The molecule has 3 atom stereocenters. The van der Waals surface area contributed by atoms with Crippen LogP contribution in [0.3, 0.4) is 0 Å². The Bertz CT molecular complexity index is 1360. The van der Waals surface area contributed by atoms with Gasteiger partial charge in [0.1, 0.15) is 30.0 Å². The Morgan fingerprint density at radius 2 is 1.91 bits per heavy atom. The number of ketones is 1. The molecule has 0 aromatic heterocycles. The lowest BCUT2D eigenvalue weighted by Crippen LogP contribution is -2.55. The zero-order chi connectivity index (χ0) is 32.2. The lowest BCUT2D eigenvalue weighted by atomic mass is 9.87. The molecule has 2 amide bonds. The van der Waals surface area contributed by atoms with E-state index in [-0.39, 0.29) is 67.7 Å². The molecule has 0 saturated carbocycles. The second-order valence-corrected chi connectivity index (χ2v) is 11.6. The first-order valence-electron chi connectivity index (χ1n) is 14.3. The summed E-state index contributed by atoms with van der Waals surface area (Å²) >= 11 is 2.00. The van der Waals surface area contributed by atoms with Gasteiger partial charge in [0.05, 0.1) is 30.4 Å². The first-order valence-corrected chi connectivity index (χ1v) is 15.4. The van der Waals surface area contributed by atoms with Crippen LogP contribution in [0.5, 0.6) is 17.2 Å². The van der Waals surface area contributed by atoms with Crippen molar-refractivity contribution in [3.05, 3.63) is 62.7 Å². The second-order valence-electron chi connectivity index (χ2n) is 10.4. The molecule has 0 bridgehead atoms. The number of benzene rings is 2. The van der Waals surface area contributed by atoms with E-state index in [1.54, 1.807) is 18.1 Å². The number of nitrogens with zero attached hydrogens (tertiary/aromatic N) is 1. The minimum atomic E-state index is -1.25. The number of rotatable bonds is 16. The molecule has 0 aliphatic heterocycles. The molecular formula is C32H39IN2O9. The summed E-state index contributed by atoms with van der Waals surface area (Å²) < 4.78 is 17.6. The first kappa shape index (κ1) is 35.0. The molecule has 2 aromatic carbocycles. The molecule has 1 aliphatic carbocycles. The maximum Gasteiger partial charge on any atom is 0.247 e. The number of hydrogen-bond acceptors (Lipinski definition) is 9. The van der Waals surface area contributed by atoms with Crippen LogP contribution in [-0.4, -0.2) is 91.2 Å². The van der Waals surface area contributed by atoms with Crippen LogP contribution < -0.4 is 19.5 Å². The van der Waals surface area contributed by atoms with Gasteiger partial charge in [0.2, 0.25) is 11.8 Å². The Morgan fingerprint density at radius 1 is 1.14 bits per heavy atom. The monoisotopic (exact) mass is 722 g/mol. The van der Waals surface area contributed by atoms with Crippen LogP contribution in [0.15, 0.2) is 48.0 Å². The van der Waals surface area contributed by atoms with Gasteiger partial charge < -0.3 is 39.4 Å². The number of hydrogen-bond donors (Lipinski definition) is 3. The van der Waals surface area contributed by atoms with Crippen LogP contribution in [0, 0.1) is 3.57 Å². The van der Waals surface area contributed by atoms with Crippen LogP contribution in [0.25, 0.3) is 0 Å². The predicted octanol–water partition coefficient (Wildman–Crippen LogP) is 2.87. The van der Waals surface area contributed by atoms with E-state index in [0.29, 0.717) is 34.0 Å². The van der Waals surface area contributed by atoms with E-state index < -0.39 is 24.2 Å². The van der Waals surface area contributed by atoms with Gasteiger partial charge in [-0.3, -0.25) is 14.4 Å². The quantitative estimate of drug-likeness (QED) is 0.176. The molecular weight excluding hydrogens is 683 g/mol. The molecule has 3 N–H and O–H groups in total. The Balaban J connectivity index is 2.00. The summed E-state index contributed by atoms with van der Waals surface area (Å²) in [6.07, 6.45) is 1.03. The normalized spacial score (nSPS) is 17.7. The minimum Gasteiger partial charge on any atom is -0.497 e. The van der Waals surface area contributed by atoms with E-state index in [9.17, 15) is 29.4 Å². The van der Waals surface area contributed by atoms with E-state index in [2.05, 4.69) is 5.32 Å². The maximum atomic E-state index is 13.7. The number of methoxy groups -OCH3 is 2. The number of nitrogens with one attached hydrogen (secondary N) is 1. The molecule has 0 fully saturated rings. The van der Waals surface area contributed by atoms with Gasteiger partial charge in [0.15, 0.2) is 11.5 Å². The molecule has 12 heteroatoms. The Kier molecular flexibility index (Phi) is 13.6. The third-order valence-electron chi connectivity index (χ3n) is 7.27. The van der Waals surface area contributed by atoms with Gasteiger partial charge in [-0.15, -0.1) is 0 Å². The second kappa shape index (κ2) is 17.1. The molecule has 1 aliphatic rings. The van der Waals surface area contributed by atoms with Gasteiger partial charge in [-0.2, -0.15) is 0 Å². The van der Waals surface area contributed by atoms with Crippen molar-refractivity contribution in [1.82, 2.24) is 10.2 Å². The fourth-order valence-electron chi connectivity index (χ4n) is 5.02. The third-order valence-corrected chi connectivity index (χ3v) is 8.07. The van der Waals surface area contributed by atoms with Crippen LogP contribution >= 0.6 is 22.6 Å². The van der Waals surface area contributed by atoms with Crippen LogP contribution in [0.1, 0.15) is 48.5 Å². The number of carbonyl (C=O) groups is 4. The number of aliphatic hydroxyl groups excluding tert-OH is 2. The van der Waals surface area contributed by atoms with E-state index in [1.807, 2.05) is 46.9 Å². The average molecular weight is 723 g/mol. The molecule has 2 aromatic rings. The standard InChI is InChI=1S/C32H39IN2O9/c1-20(38)6-4-9-29(39)35(12-10-21-7-5-8-24(14-21)42-2)26-17-23(32(41)34-11-13-36)18-27(30(26)40)44-31-25(33)15-22(19-37)16-28(31)43-3/h5,7-8,14-16,18-19,26-27,30,36,40H,4,6,9-13,17H2,1-3H3,(H,34,41). The summed E-state index contributed by atoms with van der Waals surface area (Å²) in [6.45, 7) is 1.46. The van der Waals surface area contributed by atoms with Crippen LogP contribution in [0.4, 0.5) is 0 Å². The highest BCUT2D eigenvalue weighted by Gasteiger charge is 2.40. The van der Waals surface area contributed by atoms with Crippen LogP contribution in [-0.2, 0) is 20.8 Å². The van der Waals surface area contributed by atoms with Gasteiger partial charge >= 0.3 is 0 Å². The molecule has 238 valence electrons. The molecule has 3 unspecified atom stereocenters. The molecule has 44 heavy (non-hydrogen) atoms. The number of carbonyl (C=O) groups excluding carboxylic acids is 4. The Hall–Kier alpha value is -3.49. The fraction of sp³-hybridized carbons (Fsp3) is 0.438. The maximum absolute atomic E-state index is 13.7. The number of halogens is 1. The van der Waals surface area contributed by atoms with Crippen molar-refractivity contribution >= 4 is 46.5 Å². The topological polar surface area (TPSA) is 152 Å². The average Bonchev–Trinajstić information content (AvgIpc) is 3.01. The van der Waals surface area contributed by atoms with Gasteiger partial charge in [-0.1, -0.05) is 12.1 Å². The number of aldehydes is 1. The van der Waals surface area contributed by atoms with Gasteiger partial charge in [-0.25, -0.2) is 0 Å². The van der Waals surface area contributed by atoms with Crippen molar-refractivity contribution in [2.45, 2.75) is 57.3 Å². The summed E-state index contributed by atoms with van der Waals surface area (Å²) in [7, 11) is 3.00. The molecule has 0 saturated heterocycles. The number of Topliss-reactive ketones (excluding diaryl/α,β-unsaturated/α-hetero) is 1. The number of ether oxygens (including phenoxy) is 3.